The summed E-state index contributed by atoms with van der Waals surface area (Å²) in [5.74, 6) is 0.813. The molecule has 0 radical (unpaired) electrons. The first-order valence-corrected chi connectivity index (χ1v) is 15.7. The van der Waals surface area contributed by atoms with E-state index in [9.17, 15) is 22.8 Å². The fourth-order valence-electron chi connectivity index (χ4n) is 4.77. The third-order valence-electron chi connectivity index (χ3n) is 7.05. The van der Waals surface area contributed by atoms with E-state index in [0.717, 1.165) is 43.5 Å². The summed E-state index contributed by atoms with van der Waals surface area (Å²) in [6, 6.07) is 7.00. The number of amides is 2. The van der Waals surface area contributed by atoms with Crippen molar-refractivity contribution in [3.63, 3.8) is 0 Å². The molecule has 2 aromatic rings. The molecule has 14 heteroatoms. The first-order valence-electron chi connectivity index (χ1n) is 15.7. The fraction of sp³-hybridized carbons (Fsp3) is 0.625. The van der Waals surface area contributed by atoms with E-state index < -0.39 is 12.7 Å². The molecule has 0 saturated heterocycles. The Bertz CT molecular complexity index is 1310. The van der Waals surface area contributed by atoms with E-state index in [1.54, 1.807) is 6.20 Å². The molecule has 0 aliphatic heterocycles. The van der Waals surface area contributed by atoms with Gasteiger partial charge in [-0.25, -0.2) is 9.78 Å². The van der Waals surface area contributed by atoms with Crippen molar-refractivity contribution in [3.05, 3.63) is 52.2 Å². The molecule has 258 valence electrons. The van der Waals surface area contributed by atoms with Crippen molar-refractivity contribution < 1.29 is 18.0 Å². The summed E-state index contributed by atoms with van der Waals surface area (Å²) in [6.07, 6.45) is 1.45. The van der Waals surface area contributed by atoms with Gasteiger partial charge >= 0.3 is 12.2 Å². The molecule has 1 saturated carbocycles. The van der Waals surface area contributed by atoms with Crippen LogP contribution < -0.4 is 38.3 Å². The third kappa shape index (κ3) is 15.1. The molecular weight excluding hydrogens is 599 g/mol. The number of nitrogens with zero attached hydrogens (tertiary/aromatic N) is 2. The number of aromatic amines is 1. The number of carbonyl (C=O) groups excluding carboxylic acids is 1. The van der Waals surface area contributed by atoms with Crippen LogP contribution >= 0.6 is 0 Å². The highest BCUT2D eigenvalue weighted by atomic mass is 19.4. The lowest BCUT2D eigenvalue weighted by atomic mass is 9.90. The predicted octanol–water partition coefficient (Wildman–Crippen LogP) is 4.03. The maximum absolute atomic E-state index is 12.4. The van der Waals surface area contributed by atoms with Gasteiger partial charge in [0.05, 0.1) is 12.1 Å². The molecule has 3 rings (SSSR count). The largest absolute Gasteiger partial charge is 0.401 e. The molecule has 0 spiro atoms. The lowest BCUT2D eigenvalue weighted by molar-refractivity contribution is -0.126. The molecule has 1 aliphatic carbocycles. The second-order valence-corrected chi connectivity index (χ2v) is 13.6. The first-order chi connectivity index (χ1) is 21.3. The second-order valence-electron chi connectivity index (χ2n) is 13.6. The average molecular weight is 652 g/mol. The Balaban J connectivity index is 0.000000332. The highest BCUT2D eigenvalue weighted by Crippen LogP contribution is 2.21. The van der Waals surface area contributed by atoms with Crippen LogP contribution in [0.3, 0.4) is 0 Å². The van der Waals surface area contributed by atoms with E-state index >= 15 is 0 Å². The molecule has 1 aromatic heterocycles. The van der Waals surface area contributed by atoms with Gasteiger partial charge in [0, 0.05) is 42.3 Å². The van der Waals surface area contributed by atoms with Crippen LogP contribution in [0.4, 0.5) is 18.0 Å². The molecular formula is C32H52F3N9O2. The van der Waals surface area contributed by atoms with Gasteiger partial charge in [0.1, 0.15) is 5.82 Å². The molecule has 1 aliphatic rings. The SMILES string of the molecule is CC(C)(C)NC(=O)NC1CCCC[C@H]1NCC(F)(F)F.CC(C)(C)c1ncc(-c2ccc(CNCCCN=C(N)N)cc2)c(=O)[nH]1. The number of rotatable bonds is 10. The molecule has 2 amide bonds. The molecule has 9 N–H and O–H groups in total. The summed E-state index contributed by atoms with van der Waals surface area (Å²) in [4.78, 5) is 35.4. The van der Waals surface area contributed by atoms with Crippen molar-refractivity contribution in [1.82, 2.24) is 31.2 Å². The molecule has 0 bridgehead atoms. The average Bonchev–Trinajstić information content (AvgIpc) is 2.93. The van der Waals surface area contributed by atoms with Crippen molar-refractivity contribution in [2.75, 3.05) is 19.6 Å². The summed E-state index contributed by atoms with van der Waals surface area (Å²) < 4.78 is 36.8. The number of hydrogen-bond acceptors (Lipinski definition) is 6. The minimum absolute atomic E-state index is 0.115. The number of aromatic nitrogens is 2. The Morgan fingerprint density at radius 3 is 2.20 bits per heavy atom. The number of guanidine groups is 1. The van der Waals surface area contributed by atoms with E-state index in [4.69, 9.17) is 11.5 Å². The zero-order valence-electron chi connectivity index (χ0n) is 27.9. The zero-order chi connectivity index (χ0) is 34.5. The van der Waals surface area contributed by atoms with Crippen molar-refractivity contribution in [2.24, 2.45) is 16.5 Å². The van der Waals surface area contributed by atoms with Gasteiger partial charge in [0.2, 0.25) is 0 Å². The zero-order valence-corrected chi connectivity index (χ0v) is 27.9. The van der Waals surface area contributed by atoms with Crippen molar-refractivity contribution >= 4 is 12.0 Å². The van der Waals surface area contributed by atoms with E-state index in [2.05, 4.69) is 36.2 Å². The van der Waals surface area contributed by atoms with E-state index in [-0.39, 0.29) is 40.6 Å². The lowest BCUT2D eigenvalue weighted by Crippen LogP contribution is -2.57. The number of benzene rings is 1. The van der Waals surface area contributed by atoms with E-state index in [0.29, 0.717) is 30.8 Å². The second kappa shape index (κ2) is 17.3. The van der Waals surface area contributed by atoms with Crippen LogP contribution in [0.25, 0.3) is 11.1 Å². The number of carbonyl (C=O) groups is 1. The molecule has 1 fully saturated rings. The molecule has 1 aromatic carbocycles. The summed E-state index contributed by atoms with van der Waals surface area (Å²) in [7, 11) is 0. The number of halogens is 3. The Morgan fingerprint density at radius 1 is 1.02 bits per heavy atom. The highest BCUT2D eigenvalue weighted by molar-refractivity contribution is 5.75. The van der Waals surface area contributed by atoms with Crippen LogP contribution in [0.5, 0.6) is 0 Å². The van der Waals surface area contributed by atoms with Gasteiger partial charge in [-0.15, -0.1) is 0 Å². The summed E-state index contributed by atoms with van der Waals surface area (Å²) in [6.45, 7) is 12.8. The van der Waals surface area contributed by atoms with Gasteiger partial charge in [-0.05, 0) is 57.7 Å². The quantitative estimate of drug-likeness (QED) is 0.115. The monoisotopic (exact) mass is 651 g/mol. The standard InChI is InChI=1S/C19H28N6O.C13H24F3N3O/c1-19(2,3)17-24-12-15(16(26)25-17)14-7-5-13(6-8-14)11-22-9-4-10-23-18(20)21;1-12(2,3)19-11(20)18-10-7-5-4-6-9(10)17-8-13(14,15)16/h5-8,12,22H,4,9-11H2,1-3H3,(H4,20,21,23)(H,24,25,26);9-10,17H,4-8H2,1-3H3,(H2,18,19,20)/t;9-,10?/m.1/s1. The maximum Gasteiger partial charge on any atom is 0.401 e. The number of H-pyrrole nitrogens is 1. The Kier molecular flexibility index (Phi) is 14.5. The first kappa shape index (κ1) is 38.5. The lowest BCUT2D eigenvalue weighted by Gasteiger charge is -2.34. The fourth-order valence-corrected chi connectivity index (χ4v) is 4.77. The van der Waals surface area contributed by atoms with Crippen LogP contribution in [0.2, 0.25) is 0 Å². The van der Waals surface area contributed by atoms with Crippen LogP contribution in [-0.2, 0) is 12.0 Å². The van der Waals surface area contributed by atoms with Gasteiger partial charge in [-0.3, -0.25) is 9.79 Å². The molecule has 46 heavy (non-hydrogen) atoms. The summed E-state index contributed by atoms with van der Waals surface area (Å²) in [5, 5.41) is 11.4. The molecule has 2 atom stereocenters. The summed E-state index contributed by atoms with van der Waals surface area (Å²) >= 11 is 0. The number of aliphatic imine (C=N–C) groups is 1. The van der Waals surface area contributed by atoms with Crippen LogP contribution in [0.1, 0.15) is 85.0 Å². The molecule has 1 unspecified atom stereocenters. The van der Waals surface area contributed by atoms with Crippen LogP contribution in [0.15, 0.2) is 40.2 Å². The van der Waals surface area contributed by atoms with Crippen LogP contribution in [0, 0.1) is 0 Å². The topological polar surface area (TPSA) is 175 Å². The van der Waals surface area contributed by atoms with Crippen LogP contribution in [-0.4, -0.2) is 65.4 Å². The van der Waals surface area contributed by atoms with Gasteiger partial charge in [-0.2, -0.15) is 13.2 Å². The van der Waals surface area contributed by atoms with Crippen molar-refractivity contribution in [1.29, 1.82) is 0 Å². The number of urea groups is 1. The van der Waals surface area contributed by atoms with Crippen molar-refractivity contribution in [3.8, 4) is 11.1 Å². The number of alkyl halides is 3. The Morgan fingerprint density at radius 2 is 1.65 bits per heavy atom. The molecule has 11 nitrogen and oxygen atoms in total. The van der Waals surface area contributed by atoms with Crippen molar-refractivity contribution in [2.45, 2.75) is 109 Å². The maximum atomic E-state index is 12.4. The normalized spacial score (nSPS) is 17.0. The number of nitrogens with two attached hydrogens (primary N) is 2. The Labute approximate surface area is 270 Å². The van der Waals surface area contributed by atoms with Gasteiger partial charge in [0.25, 0.3) is 5.56 Å². The highest BCUT2D eigenvalue weighted by Gasteiger charge is 2.32. The number of hydrogen-bond donors (Lipinski definition) is 7. The van der Waals surface area contributed by atoms with E-state index in [1.165, 1.54) is 0 Å². The van der Waals surface area contributed by atoms with Gasteiger partial charge in [0.15, 0.2) is 5.96 Å². The smallest absolute Gasteiger partial charge is 0.370 e. The number of nitrogens with one attached hydrogen (secondary N) is 5. The minimum atomic E-state index is -4.23. The van der Waals surface area contributed by atoms with Gasteiger partial charge < -0.3 is 37.7 Å². The third-order valence-corrected chi connectivity index (χ3v) is 7.05. The van der Waals surface area contributed by atoms with E-state index in [1.807, 2.05) is 65.8 Å². The Hall–Kier alpha value is -3.65. The van der Waals surface area contributed by atoms with Gasteiger partial charge in [-0.1, -0.05) is 57.9 Å². The molecule has 1 heterocycles. The summed E-state index contributed by atoms with van der Waals surface area (Å²) in [5.41, 5.74) is 12.5. The minimum Gasteiger partial charge on any atom is -0.370 e. The predicted molar refractivity (Wildman–Crippen MR) is 178 cm³/mol.